The molecule has 9 heteroatoms. The van der Waals surface area contributed by atoms with Gasteiger partial charge in [-0.25, -0.2) is 8.42 Å². The van der Waals surface area contributed by atoms with E-state index in [0.29, 0.717) is 9.23 Å². The van der Waals surface area contributed by atoms with Crippen LogP contribution >= 0.6 is 24.0 Å². The highest BCUT2D eigenvalue weighted by Crippen LogP contribution is 2.32. The van der Waals surface area contributed by atoms with Gasteiger partial charge in [-0.2, -0.15) is 0 Å². The van der Waals surface area contributed by atoms with Gasteiger partial charge in [0.25, 0.3) is 5.91 Å². The predicted octanol–water partition coefficient (Wildman–Crippen LogP) is 2.26. The van der Waals surface area contributed by atoms with Crippen LogP contribution in [0, 0.1) is 0 Å². The van der Waals surface area contributed by atoms with Gasteiger partial charge in [0.2, 0.25) is 5.91 Å². The Hall–Kier alpha value is -2.23. The van der Waals surface area contributed by atoms with Crippen molar-refractivity contribution in [2.45, 2.75) is 19.0 Å². The second-order valence-corrected chi connectivity index (χ2v) is 9.90. The zero-order chi connectivity index (χ0) is 20.3. The van der Waals surface area contributed by atoms with Gasteiger partial charge in [0, 0.05) is 5.41 Å². The molecule has 1 N–H and O–H groups in total. The van der Waals surface area contributed by atoms with Crippen molar-refractivity contribution in [1.82, 2.24) is 10.2 Å². The lowest BCUT2D eigenvalue weighted by Gasteiger charge is -2.23. The third-order valence-corrected chi connectivity index (χ3v) is 6.93. The summed E-state index contributed by atoms with van der Waals surface area (Å²) in [5.74, 6) is -0.970. The van der Waals surface area contributed by atoms with Crippen LogP contribution in [0.3, 0.4) is 0 Å². The maximum absolute atomic E-state index is 12.7. The quantitative estimate of drug-likeness (QED) is 0.565. The Morgan fingerprint density at radius 3 is 2.71 bits per heavy atom. The van der Waals surface area contributed by atoms with Crippen molar-refractivity contribution < 1.29 is 18.0 Å². The number of nitrogens with one attached hydrogen (secondary N) is 1. The van der Waals surface area contributed by atoms with Crippen LogP contribution in [-0.2, 0) is 19.4 Å². The summed E-state index contributed by atoms with van der Waals surface area (Å²) in [6.07, 6.45) is 6.73. The lowest BCUT2D eigenvalue weighted by molar-refractivity contribution is -0.132. The van der Waals surface area contributed by atoms with Crippen LogP contribution in [0.25, 0.3) is 6.08 Å². The van der Waals surface area contributed by atoms with Crippen LogP contribution < -0.4 is 5.32 Å². The predicted molar refractivity (Wildman–Crippen MR) is 115 cm³/mol. The maximum atomic E-state index is 12.7. The topological polar surface area (TPSA) is 83.6 Å². The fourth-order valence-electron chi connectivity index (χ4n) is 2.72. The number of nitrogens with zero attached hydrogens (tertiary/aromatic N) is 1. The van der Waals surface area contributed by atoms with E-state index in [9.17, 15) is 18.0 Å². The summed E-state index contributed by atoms with van der Waals surface area (Å²) in [5, 5.41) is 3.72. The van der Waals surface area contributed by atoms with Crippen LogP contribution in [-0.4, -0.2) is 47.3 Å². The minimum atomic E-state index is -3.27. The third kappa shape index (κ3) is 4.78. The summed E-state index contributed by atoms with van der Waals surface area (Å²) in [5.41, 5.74) is 1.00. The summed E-state index contributed by atoms with van der Waals surface area (Å²) in [4.78, 5) is 26.8. The SMILES string of the molecule is C[C@@H](C(=O)N[C@@H]1C=CS(=O)(=O)C1)N1C(=O)/C(=C/C=C/c2ccccc2)SC1=S. The molecule has 0 aliphatic carbocycles. The Labute approximate surface area is 173 Å². The van der Waals surface area contributed by atoms with Gasteiger partial charge in [0.1, 0.15) is 10.4 Å². The molecular formula is C19H18N2O4S3. The van der Waals surface area contributed by atoms with Crippen LogP contribution in [0.5, 0.6) is 0 Å². The van der Waals surface area contributed by atoms with E-state index in [1.807, 2.05) is 36.4 Å². The Bertz CT molecular complexity index is 997. The Balaban J connectivity index is 1.65. The second-order valence-electron chi connectivity index (χ2n) is 6.29. The molecule has 1 fully saturated rings. The van der Waals surface area contributed by atoms with E-state index in [0.717, 1.165) is 22.7 Å². The number of carbonyl (C=O) groups excluding carboxylic acids is 2. The van der Waals surface area contributed by atoms with E-state index in [4.69, 9.17) is 12.2 Å². The number of thioether (sulfide) groups is 1. The average Bonchev–Trinajstić information content (AvgIpc) is 3.13. The van der Waals surface area contributed by atoms with Gasteiger partial charge in [0.15, 0.2) is 9.84 Å². The lowest BCUT2D eigenvalue weighted by atomic mass is 10.2. The molecule has 2 aliphatic heterocycles. The highest BCUT2D eigenvalue weighted by molar-refractivity contribution is 8.26. The van der Waals surface area contributed by atoms with Crippen molar-refractivity contribution in [3.8, 4) is 0 Å². The van der Waals surface area contributed by atoms with E-state index >= 15 is 0 Å². The summed E-state index contributed by atoms with van der Waals surface area (Å²) < 4.78 is 23.2. The van der Waals surface area contributed by atoms with Crippen molar-refractivity contribution in [2.24, 2.45) is 0 Å². The van der Waals surface area contributed by atoms with Gasteiger partial charge >= 0.3 is 0 Å². The van der Waals surface area contributed by atoms with Crippen LogP contribution in [0.15, 0.2) is 58.9 Å². The molecule has 0 unspecified atom stereocenters. The molecule has 0 spiro atoms. The molecule has 146 valence electrons. The zero-order valence-corrected chi connectivity index (χ0v) is 17.4. The smallest absolute Gasteiger partial charge is 0.266 e. The van der Waals surface area contributed by atoms with Gasteiger partial charge in [-0.3, -0.25) is 14.5 Å². The van der Waals surface area contributed by atoms with Crippen molar-refractivity contribution >= 4 is 56.0 Å². The highest BCUT2D eigenvalue weighted by atomic mass is 32.2. The summed E-state index contributed by atoms with van der Waals surface area (Å²) in [6.45, 7) is 1.57. The van der Waals surface area contributed by atoms with Crippen molar-refractivity contribution in [2.75, 3.05) is 5.75 Å². The average molecular weight is 435 g/mol. The first-order chi connectivity index (χ1) is 13.3. The van der Waals surface area contributed by atoms with E-state index in [1.54, 1.807) is 19.1 Å². The van der Waals surface area contributed by atoms with Crippen LogP contribution in [0.4, 0.5) is 0 Å². The minimum absolute atomic E-state index is 0.173. The van der Waals surface area contributed by atoms with E-state index < -0.39 is 27.8 Å². The van der Waals surface area contributed by atoms with Gasteiger partial charge in [-0.1, -0.05) is 66.5 Å². The molecule has 6 nitrogen and oxygen atoms in total. The maximum Gasteiger partial charge on any atom is 0.266 e. The minimum Gasteiger partial charge on any atom is -0.347 e. The molecule has 0 radical (unpaired) electrons. The Morgan fingerprint density at radius 2 is 2.07 bits per heavy atom. The standard InChI is InChI=1S/C19H18N2O4S3/c1-13(17(22)20-15-10-11-28(24,25)12-15)21-18(23)16(27-19(21)26)9-5-8-14-6-3-2-4-7-14/h2-11,13,15H,12H2,1H3,(H,20,22)/b8-5+,16-9-/t13-,15+/m0/s1. The fraction of sp³-hybridized carbons (Fsp3) is 0.211. The van der Waals surface area contributed by atoms with Crippen LogP contribution in [0.1, 0.15) is 12.5 Å². The Morgan fingerprint density at radius 1 is 1.36 bits per heavy atom. The molecule has 0 bridgehead atoms. The van der Waals surface area contributed by atoms with Gasteiger partial charge in [-0.15, -0.1) is 0 Å². The molecular weight excluding hydrogens is 416 g/mol. The normalized spacial score (nSPS) is 23.7. The first-order valence-electron chi connectivity index (χ1n) is 8.47. The zero-order valence-electron chi connectivity index (χ0n) is 14.9. The third-order valence-electron chi connectivity index (χ3n) is 4.18. The molecule has 2 atom stereocenters. The van der Waals surface area contributed by atoms with Gasteiger partial charge in [-0.05, 0) is 24.6 Å². The molecule has 0 saturated carbocycles. The molecule has 2 heterocycles. The summed E-state index contributed by atoms with van der Waals surface area (Å²) >= 11 is 6.40. The lowest BCUT2D eigenvalue weighted by Crippen LogP contribution is -2.49. The number of sulfone groups is 1. The van der Waals surface area contributed by atoms with Crippen LogP contribution in [0.2, 0.25) is 0 Å². The molecule has 3 rings (SSSR count). The largest absolute Gasteiger partial charge is 0.347 e. The molecule has 1 saturated heterocycles. The number of amides is 2. The Kier molecular flexibility index (Phi) is 6.17. The van der Waals surface area contributed by atoms with E-state index in [-0.39, 0.29) is 11.7 Å². The summed E-state index contributed by atoms with van der Waals surface area (Å²) in [7, 11) is -3.27. The number of allylic oxidation sites excluding steroid dienone is 2. The van der Waals surface area contributed by atoms with Gasteiger partial charge in [0.05, 0.1) is 16.7 Å². The number of carbonyl (C=O) groups is 2. The molecule has 0 aromatic heterocycles. The van der Waals surface area contributed by atoms with Crippen molar-refractivity contribution in [3.63, 3.8) is 0 Å². The number of benzene rings is 1. The van der Waals surface area contributed by atoms with E-state index in [1.165, 1.54) is 11.0 Å². The van der Waals surface area contributed by atoms with E-state index in [2.05, 4.69) is 5.32 Å². The molecule has 28 heavy (non-hydrogen) atoms. The molecule has 2 amide bonds. The molecule has 2 aliphatic rings. The van der Waals surface area contributed by atoms with Crippen molar-refractivity contribution in [1.29, 1.82) is 0 Å². The second kappa shape index (κ2) is 8.42. The number of hydrogen-bond acceptors (Lipinski definition) is 6. The number of rotatable bonds is 5. The monoisotopic (exact) mass is 434 g/mol. The number of thiocarbonyl (C=S) groups is 1. The first-order valence-corrected chi connectivity index (χ1v) is 11.4. The number of hydrogen-bond donors (Lipinski definition) is 1. The molecule has 1 aromatic carbocycles. The van der Waals surface area contributed by atoms with Gasteiger partial charge < -0.3 is 5.32 Å². The summed E-state index contributed by atoms with van der Waals surface area (Å²) in [6, 6.07) is 8.22. The molecule has 1 aromatic rings. The first kappa shape index (κ1) is 20.5. The van der Waals surface area contributed by atoms with Crippen molar-refractivity contribution in [3.05, 3.63) is 64.4 Å². The highest BCUT2D eigenvalue weighted by Gasteiger charge is 2.38. The fourth-order valence-corrected chi connectivity index (χ4v) is 5.33.